The molecule has 2 N–H and O–H groups in total. The summed E-state index contributed by atoms with van der Waals surface area (Å²) in [6.07, 6.45) is 0.302. The zero-order chi connectivity index (χ0) is 14.7. The Morgan fingerprint density at radius 1 is 1.05 bits per heavy atom. The van der Waals surface area contributed by atoms with Crippen LogP contribution >= 0.6 is 0 Å². The number of benzene rings is 2. The molecule has 2 aromatic carbocycles. The van der Waals surface area contributed by atoms with Crippen molar-refractivity contribution in [1.82, 2.24) is 0 Å². The van der Waals surface area contributed by atoms with Crippen molar-refractivity contribution in [3.8, 4) is 11.1 Å². The summed E-state index contributed by atoms with van der Waals surface area (Å²) < 4.78 is 4.66. The van der Waals surface area contributed by atoms with Crippen LogP contribution in [0.4, 0.5) is 5.69 Å². The molecule has 20 heavy (non-hydrogen) atoms. The van der Waals surface area contributed by atoms with Crippen LogP contribution in [0.5, 0.6) is 0 Å². The van der Waals surface area contributed by atoms with E-state index in [2.05, 4.69) is 16.9 Å². The first-order chi connectivity index (χ1) is 9.51. The summed E-state index contributed by atoms with van der Waals surface area (Å²) in [6, 6.07) is 12.1. The molecule has 0 saturated carbocycles. The van der Waals surface area contributed by atoms with Crippen molar-refractivity contribution in [1.29, 1.82) is 0 Å². The molecule has 0 bridgehead atoms. The highest BCUT2D eigenvalue weighted by Gasteiger charge is 2.06. The number of hydrogen-bond acceptors (Lipinski definition) is 3. The zero-order valence-electron chi connectivity index (χ0n) is 12.1. The monoisotopic (exact) mass is 269 g/mol. The highest BCUT2D eigenvalue weighted by atomic mass is 16.5. The molecule has 3 nitrogen and oxygen atoms in total. The van der Waals surface area contributed by atoms with Gasteiger partial charge >= 0.3 is 5.97 Å². The molecule has 0 atom stereocenters. The van der Waals surface area contributed by atoms with E-state index in [9.17, 15) is 4.79 Å². The van der Waals surface area contributed by atoms with Gasteiger partial charge in [-0.1, -0.05) is 24.3 Å². The smallest absolute Gasteiger partial charge is 0.309 e. The molecule has 0 saturated heterocycles. The molecule has 0 aromatic heterocycles. The van der Waals surface area contributed by atoms with Gasteiger partial charge in [0, 0.05) is 5.69 Å². The van der Waals surface area contributed by atoms with Crippen LogP contribution in [0.15, 0.2) is 36.4 Å². The molecule has 0 unspecified atom stereocenters. The fourth-order valence-electron chi connectivity index (χ4n) is 2.20. The summed E-state index contributed by atoms with van der Waals surface area (Å²) in [5.41, 5.74) is 12.2. The molecule has 2 aromatic rings. The van der Waals surface area contributed by atoms with Crippen molar-refractivity contribution in [3.05, 3.63) is 53.1 Å². The molecule has 0 aliphatic heterocycles. The number of anilines is 1. The third-order valence-electron chi connectivity index (χ3n) is 3.46. The lowest BCUT2D eigenvalue weighted by Gasteiger charge is -2.09. The second kappa shape index (κ2) is 5.78. The molecule has 2 rings (SSSR count). The number of methoxy groups -OCH3 is 1. The molecular weight excluding hydrogens is 250 g/mol. The summed E-state index contributed by atoms with van der Waals surface area (Å²) >= 11 is 0. The topological polar surface area (TPSA) is 52.3 Å². The zero-order valence-corrected chi connectivity index (χ0v) is 12.1. The van der Waals surface area contributed by atoms with E-state index < -0.39 is 0 Å². The Bertz CT molecular complexity index is 607. The highest BCUT2D eigenvalue weighted by Crippen LogP contribution is 2.26. The van der Waals surface area contributed by atoms with Crippen LogP contribution in [0.3, 0.4) is 0 Å². The maximum atomic E-state index is 11.2. The van der Waals surface area contributed by atoms with E-state index in [1.807, 2.05) is 38.1 Å². The third-order valence-corrected chi connectivity index (χ3v) is 3.46. The van der Waals surface area contributed by atoms with Crippen LogP contribution < -0.4 is 5.73 Å². The molecule has 104 valence electrons. The molecule has 0 aliphatic rings. The van der Waals surface area contributed by atoms with E-state index >= 15 is 0 Å². The molecule has 0 fully saturated rings. The third kappa shape index (κ3) is 2.99. The van der Waals surface area contributed by atoms with Crippen LogP contribution in [0.25, 0.3) is 11.1 Å². The average molecular weight is 269 g/mol. The number of nitrogen functional groups attached to an aromatic ring is 1. The van der Waals surface area contributed by atoms with E-state index in [1.54, 1.807) is 0 Å². The van der Waals surface area contributed by atoms with Gasteiger partial charge in [0.05, 0.1) is 13.5 Å². The number of rotatable bonds is 3. The number of aryl methyl sites for hydroxylation is 2. The van der Waals surface area contributed by atoms with E-state index in [0.717, 1.165) is 33.5 Å². The van der Waals surface area contributed by atoms with Gasteiger partial charge in [-0.2, -0.15) is 0 Å². The summed E-state index contributed by atoms with van der Waals surface area (Å²) in [6.45, 7) is 4.02. The van der Waals surface area contributed by atoms with Crippen LogP contribution in [0, 0.1) is 13.8 Å². The maximum absolute atomic E-state index is 11.2. The minimum Gasteiger partial charge on any atom is -0.469 e. The number of ether oxygens (including phenoxy) is 1. The van der Waals surface area contributed by atoms with Crippen LogP contribution in [0.2, 0.25) is 0 Å². The molecule has 3 heteroatoms. The van der Waals surface area contributed by atoms with Crippen molar-refractivity contribution in [2.24, 2.45) is 0 Å². The Hall–Kier alpha value is -2.29. The SMILES string of the molecule is COC(=O)Cc1ccc(-c2cc(C)c(N)c(C)c2)cc1. The Morgan fingerprint density at radius 2 is 1.60 bits per heavy atom. The molecule has 0 spiro atoms. The van der Waals surface area contributed by atoms with Gasteiger partial charge in [-0.05, 0) is 53.8 Å². The van der Waals surface area contributed by atoms with Crippen LogP contribution in [-0.2, 0) is 16.0 Å². The molecular formula is C17H19NO2. The van der Waals surface area contributed by atoms with E-state index in [0.29, 0.717) is 6.42 Å². The van der Waals surface area contributed by atoms with Crippen molar-refractivity contribution in [2.45, 2.75) is 20.3 Å². The van der Waals surface area contributed by atoms with E-state index in [1.165, 1.54) is 7.11 Å². The summed E-state index contributed by atoms with van der Waals surface area (Å²) in [5, 5.41) is 0. The van der Waals surface area contributed by atoms with Crippen LogP contribution in [0.1, 0.15) is 16.7 Å². The lowest BCUT2D eigenvalue weighted by Crippen LogP contribution is -2.04. The van der Waals surface area contributed by atoms with E-state index in [-0.39, 0.29) is 5.97 Å². The molecule has 0 radical (unpaired) electrons. The first kappa shape index (κ1) is 14.1. The molecule has 0 aliphatic carbocycles. The highest BCUT2D eigenvalue weighted by molar-refractivity contribution is 5.74. The minimum absolute atomic E-state index is 0.225. The molecule has 0 amide bonds. The second-order valence-corrected chi connectivity index (χ2v) is 4.97. The first-order valence-electron chi connectivity index (χ1n) is 6.54. The van der Waals surface area contributed by atoms with Crippen molar-refractivity contribution in [2.75, 3.05) is 12.8 Å². The average Bonchev–Trinajstić information content (AvgIpc) is 2.45. The maximum Gasteiger partial charge on any atom is 0.309 e. The van der Waals surface area contributed by atoms with Crippen molar-refractivity contribution in [3.63, 3.8) is 0 Å². The van der Waals surface area contributed by atoms with Gasteiger partial charge in [-0.3, -0.25) is 4.79 Å². The van der Waals surface area contributed by atoms with Gasteiger partial charge in [0.15, 0.2) is 0 Å². The number of esters is 1. The van der Waals surface area contributed by atoms with E-state index in [4.69, 9.17) is 5.73 Å². The van der Waals surface area contributed by atoms with Gasteiger partial charge in [0.25, 0.3) is 0 Å². The van der Waals surface area contributed by atoms with Crippen molar-refractivity contribution < 1.29 is 9.53 Å². The predicted molar refractivity (Wildman–Crippen MR) is 81.5 cm³/mol. The second-order valence-electron chi connectivity index (χ2n) is 4.97. The normalized spacial score (nSPS) is 10.3. The van der Waals surface area contributed by atoms with Crippen molar-refractivity contribution >= 4 is 11.7 Å². The predicted octanol–water partition coefficient (Wildman–Crippen LogP) is 3.27. The van der Waals surface area contributed by atoms with Gasteiger partial charge in [0.1, 0.15) is 0 Å². The summed E-state index contributed by atoms with van der Waals surface area (Å²) in [5.74, 6) is -0.225. The first-order valence-corrected chi connectivity index (χ1v) is 6.54. The Morgan fingerprint density at radius 3 is 2.10 bits per heavy atom. The van der Waals surface area contributed by atoms with Gasteiger partial charge in [-0.25, -0.2) is 0 Å². The Kier molecular flexibility index (Phi) is 4.08. The Labute approximate surface area is 119 Å². The van der Waals surface area contributed by atoms with Gasteiger partial charge in [-0.15, -0.1) is 0 Å². The minimum atomic E-state index is -0.225. The number of carbonyl (C=O) groups is 1. The molecule has 0 heterocycles. The number of carbonyl (C=O) groups excluding carboxylic acids is 1. The fraction of sp³-hybridized carbons (Fsp3) is 0.235. The summed E-state index contributed by atoms with van der Waals surface area (Å²) in [4.78, 5) is 11.2. The Balaban J connectivity index is 2.28. The lowest BCUT2D eigenvalue weighted by atomic mass is 9.98. The largest absolute Gasteiger partial charge is 0.469 e. The van der Waals surface area contributed by atoms with Gasteiger partial charge < -0.3 is 10.5 Å². The standard InChI is InChI=1S/C17H19NO2/c1-11-8-15(9-12(2)17(11)18)14-6-4-13(5-7-14)10-16(19)20-3/h4-9H,10,18H2,1-3H3. The van der Waals surface area contributed by atoms with Crippen LogP contribution in [-0.4, -0.2) is 13.1 Å². The fourth-order valence-corrected chi connectivity index (χ4v) is 2.20. The number of nitrogens with two attached hydrogens (primary N) is 1. The number of hydrogen-bond donors (Lipinski definition) is 1. The quantitative estimate of drug-likeness (QED) is 0.687. The summed E-state index contributed by atoms with van der Waals surface area (Å²) in [7, 11) is 1.40. The van der Waals surface area contributed by atoms with Gasteiger partial charge in [0.2, 0.25) is 0 Å². The lowest BCUT2D eigenvalue weighted by molar-refractivity contribution is -0.139.